The summed E-state index contributed by atoms with van der Waals surface area (Å²) < 4.78 is 23.3. The van der Waals surface area contributed by atoms with Gasteiger partial charge in [-0.25, -0.2) is 0 Å². The fourth-order valence-corrected chi connectivity index (χ4v) is 5.82. The van der Waals surface area contributed by atoms with Crippen molar-refractivity contribution in [3.63, 3.8) is 0 Å². The molecule has 1 aliphatic rings. The van der Waals surface area contributed by atoms with E-state index in [1.54, 1.807) is 0 Å². The second-order valence-corrected chi connectivity index (χ2v) is 9.55. The average Bonchev–Trinajstić information content (AvgIpc) is 2.33. The number of rotatable bonds is 6. The van der Waals surface area contributed by atoms with Gasteiger partial charge in [-0.1, -0.05) is 0 Å². The second kappa shape index (κ2) is 6.77. The van der Waals surface area contributed by atoms with Gasteiger partial charge < -0.3 is 30.6 Å². The molecule has 11 heteroatoms. The molecular weight excluding hydrogens is 326 g/mol. The maximum atomic E-state index is 11.7. The van der Waals surface area contributed by atoms with E-state index in [-0.39, 0.29) is 12.3 Å². The maximum Gasteiger partial charge on any atom is 0.357 e. The average molecular weight is 348 g/mol. The van der Waals surface area contributed by atoms with Gasteiger partial charge in [0, 0.05) is 5.92 Å². The summed E-state index contributed by atoms with van der Waals surface area (Å²) >= 11 is 4.08. The molecule has 1 rings (SSSR count). The Bertz CT molecular complexity index is 403. The van der Waals surface area contributed by atoms with E-state index in [9.17, 15) is 28.7 Å². The van der Waals surface area contributed by atoms with Crippen molar-refractivity contribution in [2.75, 3.05) is 18.8 Å². The fourth-order valence-electron chi connectivity index (χ4n) is 2.74. The minimum absolute atomic E-state index is 0.212. The molecule has 0 aromatic rings. The van der Waals surface area contributed by atoms with Crippen molar-refractivity contribution in [1.29, 1.82) is 0 Å². The van der Waals surface area contributed by atoms with Crippen LogP contribution < -0.4 is 11.1 Å². The molecule has 0 radical (unpaired) electrons. The Morgan fingerprint density at radius 3 is 2.25 bits per heavy atom. The van der Waals surface area contributed by atoms with Crippen molar-refractivity contribution in [3.05, 3.63) is 0 Å². The van der Waals surface area contributed by atoms with E-state index in [2.05, 4.69) is 17.9 Å². The van der Waals surface area contributed by atoms with Crippen LogP contribution in [0.2, 0.25) is 0 Å². The smallest absolute Gasteiger partial charge is 0.323 e. The van der Waals surface area contributed by atoms with Crippen LogP contribution in [0.1, 0.15) is 19.3 Å². The molecule has 8 nitrogen and oxygen atoms in total. The van der Waals surface area contributed by atoms with Crippen molar-refractivity contribution in [3.8, 4) is 0 Å². The Morgan fingerprint density at radius 2 is 1.80 bits per heavy atom. The molecule has 0 aliphatic carbocycles. The summed E-state index contributed by atoms with van der Waals surface area (Å²) in [5.74, 6) is -0.654. The van der Waals surface area contributed by atoms with E-state index in [1.807, 2.05) is 0 Å². The van der Waals surface area contributed by atoms with Gasteiger partial charge >= 0.3 is 15.2 Å². The van der Waals surface area contributed by atoms with Gasteiger partial charge in [-0.3, -0.25) is 9.13 Å². The molecule has 0 amide bonds. The van der Waals surface area contributed by atoms with Crippen LogP contribution in [0, 0.1) is 11.8 Å². The largest absolute Gasteiger partial charge is 0.357 e. The second-order valence-electron chi connectivity index (χ2n) is 5.10. The summed E-state index contributed by atoms with van der Waals surface area (Å²) in [6, 6.07) is 0. The van der Waals surface area contributed by atoms with Crippen LogP contribution in [0.4, 0.5) is 0 Å². The van der Waals surface area contributed by atoms with E-state index in [0.717, 1.165) is 0 Å². The molecule has 1 heterocycles. The first-order valence-electron chi connectivity index (χ1n) is 6.27. The maximum absolute atomic E-state index is 11.7. The molecule has 0 bridgehead atoms. The van der Waals surface area contributed by atoms with Gasteiger partial charge in [0.05, 0.1) is 0 Å². The lowest BCUT2D eigenvalue weighted by Crippen LogP contribution is -2.54. The highest BCUT2D eigenvalue weighted by atomic mass is 32.1. The molecule has 2 atom stereocenters. The van der Waals surface area contributed by atoms with Crippen molar-refractivity contribution >= 4 is 27.8 Å². The molecule has 7 N–H and O–H groups in total. The van der Waals surface area contributed by atoms with Gasteiger partial charge in [0.15, 0.2) is 0 Å². The summed E-state index contributed by atoms with van der Waals surface area (Å²) in [5.41, 5.74) is 5.62. The lowest BCUT2D eigenvalue weighted by atomic mass is 9.83. The zero-order valence-corrected chi connectivity index (χ0v) is 13.6. The molecule has 0 aromatic carbocycles. The Balaban J connectivity index is 3.17. The number of thiol groups is 1. The zero-order valence-electron chi connectivity index (χ0n) is 10.9. The molecule has 1 saturated heterocycles. The van der Waals surface area contributed by atoms with Crippen molar-refractivity contribution in [1.82, 2.24) is 5.32 Å². The van der Waals surface area contributed by atoms with E-state index in [4.69, 9.17) is 5.73 Å². The molecule has 0 spiro atoms. The Kier molecular flexibility index (Phi) is 6.30. The Labute approximate surface area is 123 Å². The minimum Gasteiger partial charge on any atom is -0.323 e. The molecule has 20 heavy (non-hydrogen) atoms. The lowest BCUT2D eigenvalue weighted by Gasteiger charge is -2.44. The van der Waals surface area contributed by atoms with Crippen LogP contribution >= 0.6 is 27.8 Å². The predicted octanol–water partition coefficient (Wildman–Crippen LogP) is -0.110. The third-order valence-electron chi connectivity index (χ3n) is 3.82. The van der Waals surface area contributed by atoms with Gasteiger partial charge in [0.25, 0.3) is 0 Å². The molecule has 1 aliphatic heterocycles. The Hall–Kier alpha value is 0.570. The van der Waals surface area contributed by atoms with Crippen LogP contribution in [0.15, 0.2) is 0 Å². The standard InChI is InChI=1S/C9H22N2O6P2S/c10-9(18(12,13)14,19(15,16)17)8-3-4-11-6-7(8)2-1-5-20/h7-8,11,20H,1-6,10H2,(H2,12,13,14)(H2,15,16,17). The van der Waals surface area contributed by atoms with Gasteiger partial charge in [0.1, 0.15) is 0 Å². The third-order valence-corrected chi connectivity index (χ3v) is 8.23. The normalized spacial score (nSPS) is 25.7. The summed E-state index contributed by atoms with van der Waals surface area (Å²) in [5, 5.41) is 0.246. The number of nitrogens with one attached hydrogen (secondary N) is 1. The highest BCUT2D eigenvalue weighted by Crippen LogP contribution is 2.70. The van der Waals surface area contributed by atoms with Crippen LogP contribution in [0.3, 0.4) is 0 Å². The molecule has 2 unspecified atom stereocenters. The van der Waals surface area contributed by atoms with Gasteiger partial charge in [-0.05, 0) is 44.0 Å². The molecule has 1 fully saturated rings. The zero-order chi connectivity index (χ0) is 15.6. The van der Waals surface area contributed by atoms with Crippen LogP contribution in [-0.4, -0.2) is 43.4 Å². The van der Waals surface area contributed by atoms with E-state index < -0.39 is 26.1 Å². The van der Waals surface area contributed by atoms with Crippen molar-refractivity contribution in [2.24, 2.45) is 17.6 Å². The first kappa shape index (κ1) is 18.6. The summed E-state index contributed by atoms with van der Waals surface area (Å²) in [6.45, 7) is 0.846. The van der Waals surface area contributed by atoms with Crippen LogP contribution in [0.25, 0.3) is 0 Å². The van der Waals surface area contributed by atoms with Crippen molar-refractivity contribution in [2.45, 2.75) is 24.3 Å². The van der Waals surface area contributed by atoms with Gasteiger partial charge in [-0.15, -0.1) is 0 Å². The van der Waals surface area contributed by atoms with E-state index in [1.165, 1.54) is 0 Å². The predicted molar refractivity (Wildman–Crippen MR) is 78.6 cm³/mol. The molecule has 120 valence electrons. The van der Waals surface area contributed by atoms with Crippen molar-refractivity contribution < 1.29 is 28.7 Å². The lowest BCUT2D eigenvalue weighted by molar-refractivity contribution is 0.176. The first-order chi connectivity index (χ1) is 9.05. The quantitative estimate of drug-likeness (QED) is 0.259. The number of piperidine rings is 1. The minimum atomic E-state index is -5.18. The third kappa shape index (κ3) is 3.66. The van der Waals surface area contributed by atoms with Crippen LogP contribution in [0.5, 0.6) is 0 Å². The number of hydrogen-bond acceptors (Lipinski definition) is 5. The highest BCUT2D eigenvalue weighted by Gasteiger charge is 2.63. The summed E-state index contributed by atoms with van der Waals surface area (Å²) in [6.07, 6.45) is 1.45. The number of nitrogens with two attached hydrogens (primary N) is 1. The molecule has 0 saturated carbocycles. The highest BCUT2D eigenvalue weighted by molar-refractivity contribution is 7.80. The summed E-state index contributed by atoms with van der Waals surface area (Å²) in [4.78, 5) is 37.7. The topological polar surface area (TPSA) is 153 Å². The Morgan fingerprint density at radius 1 is 1.25 bits per heavy atom. The van der Waals surface area contributed by atoms with Gasteiger partial charge in [0.2, 0.25) is 5.02 Å². The van der Waals surface area contributed by atoms with E-state index >= 15 is 0 Å². The SMILES string of the molecule is NC(C1CCNCC1CCCS)(P(=O)(O)O)P(=O)(O)O. The first-order valence-corrected chi connectivity index (χ1v) is 10.1. The number of hydrogen-bond donors (Lipinski definition) is 7. The monoisotopic (exact) mass is 348 g/mol. The molecule has 0 aromatic heterocycles. The molecular formula is C9H22N2O6P2S. The fraction of sp³-hybridized carbons (Fsp3) is 1.00. The van der Waals surface area contributed by atoms with E-state index in [0.29, 0.717) is 31.7 Å². The van der Waals surface area contributed by atoms with Crippen LogP contribution in [-0.2, 0) is 9.13 Å². The van der Waals surface area contributed by atoms with Gasteiger partial charge in [-0.2, -0.15) is 12.6 Å². The summed E-state index contributed by atoms with van der Waals surface area (Å²) in [7, 11) is -10.4.